The van der Waals surface area contributed by atoms with E-state index in [1.54, 1.807) is 54.6 Å². The van der Waals surface area contributed by atoms with Crippen LogP contribution in [0.3, 0.4) is 0 Å². The van der Waals surface area contributed by atoms with Crippen molar-refractivity contribution in [2.24, 2.45) is 0 Å². The Bertz CT molecular complexity index is 1730. The molecule has 0 aromatic heterocycles. The standard InChI is InChI=1S/C36H37ClFN3O4S/c37-31-21-11-13-23-33(31)41(46(44,45)30-19-8-3-9-20-30)26-35(42)40(25-28-16-10-12-22-32(28)38)34(24-27-14-4-1-5-15-27)36(43)39-29-17-6-2-7-18-29/h1,3-5,8-16,19-23,29,34H,2,6-7,17-18,24-26H2,(H,39,43). The maximum Gasteiger partial charge on any atom is 0.264 e. The van der Waals surface area contributed by atoms with Gasteiger partial charge in [0.05, 0.1) is 15.6 Å². The molecule has 4 aromatic rings. The van der Waals surface area contributed by atoms with Crippen molar-refractivity contribution in [3.63, 3.8) is 0 Å². The molecule has 1 fully saturated rings. The van der Waals surface area contributed by atoms with Crippen molar-refractivity contribution in [2.75, 3.05) is 10.8 Å². The fourth-order valence-electron chi connectivity index (χ4n) is 5.80. The first-order valence-corrected chi connectivity index (χ1v) is 17.3. The van der Waals surface area contributed by atoms with Crippen LogP contribution >= 0.6 is 11.6 Å². The summed E-state index contributed by atoms with van der Waals surface area (Å²) in [5.41, 5.74) is 1.12. The molecule has 1 saturated carbocycles. The predicted octanol–water partition coefficient (Wildman–Crippen LogP) is 6.76. The topological polar surface area (TPSA) is 86.8 Å². The highest BCUT2D eigenvalue weighted by Gasteiger charge is 2.36. The summed E-state index contributed by atoms with van der Waals surface area (Å²) in [5.74, 6) is -1.58. The van der Waals surface area contributed by atoms with Crippen molar-refractivity contribution in [3.8, 4) is 0 Å². The van der Waals surface area contributed by atoms with E-state index in [-0.39, 0.29) is 46.1 Å². The van der Waals surface area contributed by atoms with Crippen LogP contribution < -0.4 is 9.62 Å². The number of nitrogens with one attached hydrogen (secondary N) is 1. The van der Waals surface area contributed by atoms with Crippen molar-refractivity contribution in [1.82, 2.24) is 10.2 Å². The number of amides is 2. The molecule has 1 aliphatic rings. The van der Waals surface area contributed by atoms with Crippen LogP contribution in [0.4, 0.5) is 10.1 Å². The molecule has 10 heteroatoms. The molecular weight excluding hydrogens is 625 g/mol. The van der Waals surface area contributed by atoms with Crippen LogP contribution in [0.25, 0.3) is 0 Å². The van der Waals surface area contributed by atoms with E-state index in [4.69, 9.17) is 11.6 Å². The van der Waals surface area contributed by atoms with Gasteiger partial charge in [0.2, 0.25) is 11.8 Å². The van der Waals surface area contributed by atoms with Crippen LogP contribution in [0.2, 0.25) is 5.02 Å². The predicted molar refractivity (Wildman–Crippen MR) is 178 cm³/mol. The SMILES string of the molecule is O=C(NC1CCCCC1)C(Cc1ccccc1)N(Cc1ccccc1F)C(=O)CN(c1ccccc1Cl)S(=O)(=O)c1ccccc1. The summed E-state index contributed by atoms with van der Waals surface area (Å²) in [6.45, 7) is -0.916. The number of carbonyl (C=O) groups excluding carboxylic acids is 2. The first-order chi connectivity index (χ1) is 22.2. The molecule has 2 amide bonds. The van der Waals surface area contributed by atoms with E-state index in [9.17, 15) is 18.0 Å². The molecule has 0 bridgehead atoms. The number of hydrogen-bond acceptors (Lipinski definition) is 4. The zero-order valence-electron chi connectivity index (χ0n) is 25.4. The Hall–Kier alpha value is -4.21. The number of halogens is 2. The zero-order valence-corrected chi connectivity index (χ0v) is 27.0. The molecule has 4 aromatic carbocycles. The van der Waals surface area contributed by atoms with Crippen molar-refractivity contribution in [1.29, 1.82) is 0 Å². The molecule has 240 valence electrons. The van der Waals surface area contributed by atoms with Gasteiger partial charge in [-0.2, -0.15) is 0 Å². The molecule has 0 heterocycles. The van der Waals surface area contributed by atoms with Crippen LogP contribution in [0.5, 0.6) is 0 Å². The maximum absolute atomic E-state index is 15.1. The molecule has 46 heavy (non-hydrogen) atoms. The lowest BCUT2D eigenvalue weighted by Gasteiger charge is -2.35. The lowest BCUT2D eigenvalue weighted by atomic mass is 9.94. The van der Waals surface area contributed by atoms with E-state index >= 15 is 4.39 Å². The Kier molecular flexibility index (Phi) is 11.1. The molecule has 1 unspecified atom stereocenters. The molecule has 5 rings (SSSR count). The van der Waals surface area contributed by atoms with Crippen LogP contribution in [-0.2, 0) is 32.6 Å². The van der Waals surface area contributed by atoms with E-state index in [0.29, 0.717) is 0 Å². The largest absolute Gasteiger partial charge is 0.352 e. The highest BCUT2D eigenvalue weighted by molar-refractivity contribution is 7.92. The fourth-order valence-corrected chi connectivity index (χ4v) is 7.54. The smallest absolute Gasteiger partial charge is 0.264 e. The first kappa shape index (κ1) is 33.2. The Morgan fingerprint density at radius 1 is 0.826 bits per heavy atom. The second-order valence-electron chi connectivity index (χ2n) is 11.4. The summed E-state index contributed by atoms with van der Waals surface area (Å²) in [6, 6.07) is 28.4. The first-order valence-electron chi connectivity index (χ1n) is 15.4. The van der Waals surface area contributed by atoms with E-state index in [0.717, 1.165) is 42.0 Å². The molecule has 1 N–H and O–H groups in total. The Labute approximate surface area is 275 Å². The zero-order chi connectivity index (χ0) is 32.5. The number of para-hydroxylation sites is 1. The van der Waals surface area contributed by atoms with Crippen LogP contribution in [0, 0.1) is 5.82 Å². The van der Waals surface area contributed by atoms with Crippen LogP contribution in [0.15, 0.2) is 114 Å². The normalized spacial score (nSPS) is 14.3. The summed E-state index contributed by atoms with van der Waals surface area (Å²) in [7, 11) is -4.29. The third-order valence-corrected chi connectivity index (χ3v) is 10.3. The molecule has 7 nitrogen and oxygen atoms in total. The number of benzene rings is 4. The average molecular weight is 662 g/mol. The van der Waals surface area contributed by atoms with Gasteiger partial charge >= 0.3 is 0 Å². The molecular formula is C36H37ClFN3O4S. The molecule has 1 aliphatic carbocycles. The van der Waals surface area contributed by atoms with Crippen LogP contribution in [0.1, 0.15) is 43.2 Å². The highest BCUT2D eigenvalue weighted by atomic mass is 35.5. The van der Waals surface area contributed by atoms with E-state index in [2.05, 4.69) is 5.32 Å². The van der Waals surface area contributed by atoms with Crippen molar-refractivity contribution < 1.29 is 22.4 Å². The van der Waals surface area contributed by atoms with Crippen molar-refractivity contribution in [2.45, 2.75) is 62.0 Å². The lowest BCUT2D eigenvalue weighted by Crippen LogP contribution is -2.55. The third kappa shape index (κ3) is 8.13. The summed E-state index contributed by atoms with van der Waals surface area (Å²) in [6.07, 6.45) is 4.91. The van der Waals surface area contributed by atoms with Crippen molar-refractivity contribution >= 4 is 39.1 Å². The van der Waals surface area contributed by atoms with Gasteiger partial charge in [-0.3, -0.25) is 13.9 Å². The summed E-state index contributed by atoms with van der Waals surface area (Å²) in [4.78, 5) is 29.9. The number of nitrogens with zero attached hydrogens (tertiary/aromatic N) is 2. The van der Waals surface area contributed by atoms with Gasteiger partial charge in [0, 0.05) is 24.6 Å². The Morgan fingerprint density at radius 3 is 2.11 bits per heavy atom. The van der Waals surface area contributed by atoms with Gasteiger partial charge in [-0.25, -0.2) is 12.8 Å². The molecule has 0 radical (unpaired) electrons. The van der Waals surface area contributed by atoms with Crippen molar-refractivity contribution in [3.05, 3.63) is 131 Å². The average Bonchev–Trinajstić information content (AvgIpc) is 3.07. The maximum atomic E-state index is 15.1. The third-order valence-electron chi connectivity index (χ3n) is 8.25. The lowest BCUT2D eigenvalue weighted by molar-refractivity contribution is -0.140. The van der Waals surface area contributed by atoms with E-state index in [1.807, 2.05) is 30.3 Å². The van der Waals surface area contributed by atoms with E-state index < -0.39 is 34.3 Å². The number of anilines is 1. The minimum Gasteiger partial charge on any atom is -0.352 e. The minimum atomic E-state index is -4.29. The number of carbonyl (C=O) groups is 2. The van der Waals surface area contributed by atoms with Gasteiger partial charge in [-0.1, -0.05) is 110 Å². The van der Waals surface area contributed by atoms with Crippen LogP contribution in [-0.4, -0.2) is 43.8 Å². The molecule has 0 saturated heterocycles. The molecule has 1 atom stereocenters. The van der Waals surface area contributed by atoms with E-state index in [1.165, 1.54) is 29.2 Å². The van der Waals surface area contributed by atoms with Gasteiger partial charge in [0.15, 0.2) is 0 Å². The van der Waals surface area contributed by atoms with Gasteiger partial charge in [0.25, 0.3) is 10.0 Å². The second-order valence-corrected chi connectivity index (χ2v) is 13.7. The number of hydrogen-bond donors (Lipinski definition) is 1. The Morgan fingerprint density at radius 2 is 1.43 bits per heavy atom. The number of sulfonamides is 1. The molecule has 0 aliphatic heterocycles. The van der Waals surface area contributed by atoms with Gasteiger partial charge in [-0.05, 0) is 48.7 Å². The summed E-state index contributed by atoms with van der Waals surface area (Å²) < 4.78 is 44.2. The quantitative estimate of drug-likeness (QED) is 0.182. The highest BCUT2D eigenvalue weighted by Crippen LogP contribution is 2.31. The summed E-state index contributed by atoms with van der Waals surface area (Å²) in [5, 5.41) is 3.28. The van der Waals surface area contributed by atoms with Gasteiger partial charge < -0.3 is 10.2 Å². The number of rotatable bonds is 12. The fraction of sp³-hybridized carbons (Fsp3) is 0.278. The summed E-state index contributed by atoms with van der Waals surface area (Å²) >= 11 is 6.51. The van der Waals surface area contributed by atoms with Gasteiger partial charge in [-0.15, -0.1) is 0 Å². The molecule has 0 spiro atoms. The van der Waals surface area contributed by atoms with Gasteiger partial charge in [0.1, 0.15) is 18.4 Å². The minimum absolute atomic E-state index is 0.0285. The monoisotopic (exact) mass is 661 g/mol. The Balaban J connectivity index is 1.57. The second kappa shape index (κ2) is 15.4.